The molecule has 2 fully saturated rings. The fourth-order valence-corrected chi connectivity index (χ4v) is 5.57. The lowest BCUT2D eigenvalue weighted by Gasteiger charge is -2.35. The van der Waals surface area contributed by atoms with Gasteiger partial charge in [0.2, 0.25) is 5.91 Å². The number of carbonyl (C=O) groups is 4. The third-order valence-corrected chi connectivity index (χ3v) is 8.47. The molecule has 0 spiro atoms. The minimum Gasteiger partial charge on any atom is -0.478 e. The topological polar surface area (TPSA) is 131 Å². The van der Waals surface area contributed by atoms with Gasteiger partial charge in [-0.3, -0.25) is 9.59 Å². The van der Waals surface area contributed by atoms with Gasteiger partial charge in [0, 0.05) is 24.5 Å². The quantitative estimate of drug-likeness (QED) is 0.0799. The molecule has 0 unspecified atom stereocenters. The van der Waals surface area contributed by atoms with E-state index in [9.17, 15) is 24.3 Å². The van der Waals surface area contributed by atoms with Crippen LogP contribution in [-0.4, -0.2) is 60.8 Å². The number of aromatic carboxylic acids is 1. The van der Waals surface area contributed by atoms with Gasteiger partial charge in [-0.1, -0.05) is 90.2 Å². The van der Waals surface area contributed by atoms with Crippen LogP contribution in [0.5, 0.6) is 0 Å². The molecule has 9 heteroatoms. The van der Waals surface area contributed by atoms with E-state index in [1.807, 2.05) is 6.07 Å². The second kappa shape index (κ2) is 20.9. The molecule has 1 aliphatic heterocycles. The Bertz CT molecular complexity index is 1030. The standard InChI is InChI=1S/C24H38O4.C11H18N2O3/c1-3-5-7-9-11-13-16-20-17-15-18-21(22(20)23(25)26)24(27)28-19-14-12-10-8-6-4-2;1-2-16-10(15)5-9(14)13-11(3-4-11)8-6-12-7-8/h15,17-18H,3-14,16,19H2,1-2H3,(H,25,26);8,12H,2-7H2,1H3,(H,13,14). The number of hydrogen-bond donors (Lipinski definition) is 3. The lowest BCUT2D eigenvalue weighted by atomic mass is 9.91. The molecule has 0 radical (unpaired) electrons. The van der Waals surface area contributed by atoms with Crippen molar-refractivity contribution in [3.8, 4) is 0 Å². The van der Waals surface area contributed by atoms with Gasteiger partial charge >= 0.3 is 17.9 Å². The number of benzene rings is 1. The number of carbonyl (C=O) groups excluding carboxylic acids is 3. The van der Waals surface area contributed by atoms with Crippen molar-refractivity contribution in [1.82, 2.24) is 10.6 Å². The normalized spacial score (nSPS) is 14.9. The molecule has 3 N–H and O–H groups in total. The van der Waals surface area contributed by atoms with Gasteiger partial charge in [-0.05, 0) is 50.7 Å². The molecule has 1 saturated heterocycles. The number of hydrogen-bond acceptors (Lipinski definition) is 7. The van der Waals surface area contributed by atoms with Crippen molar-refractivity contribution in [2.75, 3.05) is 26.3 Å². The van der Waals surface area contributed by atoms with Crippen LogP contribution < -0.4 is 10.6 Å². The average Bonchev–Trinajstić information content (AvgIpc) is 3.72. The highest BCUT2D eigenvalue weighted by Gasteiger charge is 2.52. The monoisotopic (exact) mass is 616 g/mol. The first kappa shape index (κ1) is 37.2. The molecule has 2 aliphatic rings. The zero-order chi connectivity index (χ0) is 32.2. The Morgan fingerprint density at radius 1 is 0.864 bits per heavy atom. The van der Waals surface area contributed by atoms with E-state index in [4.69, 9.17) is 9.47 Å². The van der Waals surface area contributed by atoms with Crippen LogP contribution in [0.15, 0.2) is 18.2 Å². The summed E-state index contributed by atoms with van der Waals surface area (Å²) in [5.74, 6) is -1.67. The van der Waals surface area contributed by atoms with Crippen molar-refractivity contribution in [2.45, 2.75) is 129 Å². The largest absolute Gasteiger partial charge is 0.478 e. The number of unbranched alkanes of at least 4 members (excludes halogenated alkanes) is 10. The highest BCUT2D eigenvalue weighted by molar-refractivity contribution is 6.03. The van der Waals surface area contributed by atoms with Crippen LogP contribution in [0.4, 0.5) is 0 Å². The van der Waals surface area contributed by atoms with Crippen LogP contribution in [-0.2, 0) is 25.5 Å². The van der Waals surface area contributed by atoms with E-state index in [0.717, 1.165) is 63.6 Å². The van der Waals surface area contributed by atoms with Crippen LogP contribution in [0.3, 0.4) is 0 Å². The number of amides is 1. The van der Waals surface area contributed by atoms with Crippen LogP contribution in [0.25, 0.3) is 0 Å². The Morgan fingerprint density at radius 3 is 2.02 bits per heavy atom. The Kier molecular flexibility index (Phi) is 17.7. The first-order valence-corrected chi connectivity index (χ1v) is 17.0. The van der Waals surface area contributed by atoms with Crippen LogP contribution >= 0.6 is 0 Å². The van der Waals surface area contributed by atoms with Gasteiger partial charge in [0.15, 0.2) is 0 Å². The molecule has 9 nitrogen and oxygen atoms in total. The second-order valence-corrected chi connectivity index (χ2v) is 12.1. The molecule has 3 rings (SSSR count). The summed E-state index contributed by atoms with van der Waals surface area (Å²) in [6.45, 7) is 8.73. The Balaban J connectivity index is 0.000000354. The van der Waals surface area contributed by atoms with E-state index in [1.54, 1.807) is 19.1 Å². The maximum Gasteiger partial charge on any atom is 0.339 e. The van der Waals surface area contributed by atoms with Gasteiger partial charge in [-0.25, -0.2) is 9.59 Å². The number of ether oxygens (including phenoxy) is 2. The Hall–Kier alpha value is -2.94. The molecule has 1 saturated carbocycles. The molecule has 1 aromatic carbocycles. The van der Waals surface area contributed by atoms with Crippen molar-refractivity contribution >= 4 is 23.8 Å². The van der Waals surface area contributed by atoms with E-state index >= 15 is 0 Å². The van der Waals surface area contributed by atoms with E-state index < -0.39 is 17.9 Å². The smallest absolute Gasteiger partial charge is 0.339 e. The van der Waals surface area contributed by atoms with Crippen LogP contribution in [0.1, 0.15) is 143 Å². The third kappa shape index (κ3) is 13.4. The van der Waals surface area contributed by atoms with Crippen molar-refractivity contribution in [3.05, 3.63) is 34.9 Å². The molecule has 1 amide bonds. The molecule has 1 heterocycles. The molecule has 0 aromatic heterocycles. The number of aryl methyl sites for hydroxylation is 1. The highest BCUT2D eigenvalue weighted by atomic mass is 16.5. The predicted octanol–water partition coefficient (Wildman–Crippen LogP) is 6.61. The fraction of sp³-hybridized carbons (Fsp3) is 0.714. The van der Waals surface area contributed by atoms with Gasteiger partial charge in [-0.15, -0.1) is 0 Å². The average molecular weight is 617 g/mol. The predicted molar refractivity (Wildman–Crippen MR) is 172 cm³/mol. The van der Waals surface area contributed by atoms with Crippen molar-refractivity contribution in [1.29, 1.82) is 0 Å². The second-order valence-electron chi connectivity index (χ2n) is 12.1. The first-order chi connectivity index (χ1) is 21.3. The third-order valence-electron chi connectivity index (χ3n) is 8.47. The summed E-state index contributed by atoms with van der Waals surface area (Å²) in [4.78, 5) is 46.9. The lowest BCUT2D eigenvalue weighted by molar-refractivity contribution is -0.146. The summed E-state index contributed by atoms with van der Waals surface area (Å²) in [6.07, 6.45) is 16.2. The Labute approximate surface area is 264 Å². The van der Waals surface area contributed by atoms with Crippen molar-refractivity contribution in [3.63, 3.8) is 0 Å². The highest BCUT2D eigenvalue weighted by Crippen LogP contribution is 2.44. The van der Waals surface area contributed by atoms with Crippen LogP contribution in [0.2, 0.25) is 0 Å². The lowest BCUT2D eigenvalue weighted by Crippen LogP contribution is -2.56. The maximum absolute atomic E-state index is 12.4. The van der Waals surface area contributed by atoms with E-state index in [0.29, 0.717) is 25.6 Å². The molecule has 0 bridgehead atoms. The van der Waals surface area contributed by atoms with E-state index in [-0.39, 0.29) is 29.0 Å². The number of nitrogens with one attached hydrogen (secondary N) is 2. The van der Waals surface area contributed by atoms with E-state index in [2.05, 4.69) is 24.5 Å². The number of carboxylic acid groups (broad SMARTS) is 1. The minimum atomic E-state index is -1.05. The minimum absolute atomic E-state index is 0.0190. The SMILES string of the molecule is CCCCCCCCOC(=O)c1cccc(CCCCCCCC)c1C(=O)O.CCOC(=O)CC(=O)NC1(C2CNC2)CC1. The molecule has 44 heavy (non-hydrogen) atoms. The first-order valence-electron chi connectivity index (χ1n) is 17.0. The van der Waals surface area contributed by atoms with Crippen molar-refractivity contribution in [2.24, 2.45) is 5.92 Å². The molecular formula is C35H56N2O7. The maximum atomic E-state index is 12.4. The summed E-state index contributed by atoms with van der Waals surface area (Å²) in [5.41, 5.74) is 1.01. The van der Waals surface area contributed by atoms with Gasteiger partial charge in [-0.2, -0.15) is 0 Å². The number of carboxylic acids is 1. The summed E-state index contributed by atoms with van der Waals surface area (Å²) >= 11 is 0. The van der Waals surface area contributed by atoms with E-state index in [1.165, 1.54) is 44.9 Å². The Morgan fingerprint density at radius 2 is 1.48 bits per heavy atom. The van der Waals surface area contributed by atoms with Gasteiger partial charge < -0.3 is 25.2 Å². The fourth-order valence-electron chi connectivity index (χ4n) is 5.57. The number of esters is 2. The molecular weight excluding hydrogens is 560 g/mol. The van der Waals surface area contributed by atoms with Crippen LogP contribution in [0, 0.1) is 5.92 Å². The zero-order valence-corrected chi connectivity index (χ0v) is 27.3. The molecule has 1 aliphatic carbocycles. The molecule has 1 aromatic rings. The molecule has 248 valence electrons. The zero-order valence-electron chi connectivity index (χ0n) is 27.3. The van der Waals surface area contributed by atoms with Gasteiger partial charge in [0.05, 0.1) is 24.3 Å². The number of rotatable bonds is 21. The summed E-state index contributed by atoms with van der Waals surface area (Å²) in [5, 5.41) is 15.8. The summed E-state index contributed by atoms with van der Waals surface area (Å²) in [6, 6.07) is 5.15. The summed E-state index contributed by atoms with van der Waals surface area (Å²) < 4.78 is 10.1. The molecule has 0 atom stereocenters. The van der Waals surface area contributed by atoms with Gasteiger partial charge in [0.1, 0.15) is 6.42 Å². The van der Waals surface area contributed by atoms with Gasteiger partial charge in [0.25, 0.3) is 0 Å². The van der Waals surface area contributed by atoms with Crippen molar-refractivity contribution < 1.29 is 33.8 Å². The summed E-state index contributed by atoms with van der Waals surface area (Å²) in [7, 11) is 0.